The number of phenolic OH excluding ortho intramolecular Hbond substituents is 1. The summed E-state index contributed by atoms with van der Waals surface area (Å²) >= 11 is 0. The molecule has 2 rings (SSSR count). The normalized spacial score (nSPS) is 19.6. The first-order valence-corrected chi connectivity index (χ1v) is 7.39. The maximum atomic E-state index is 12.4. The SMILES string of the molecule is CC(C)NC1CCCN(CCc2ccc(O)cc2)C1=O. The van der Waals surface area contributed by atoms with Crippen LogP contribution >= 0.6 is 0 Å². The number of hydrogen-bond acceptors (Lipinski definition) is 3. The second-order valence-corrected chi connectivity index (χ2v) is 5.76. The van der Waals surface area contributed by atoms with Crippen molar-refractivity contribution in [2.24, 2.45) is 0 Å². The van der Waals surface area contributed by atoms with Gasteiger partial charge in [0.1, 0.15) is 5.75 Å². The molecule has 1 aromatic carbocycles. The Morgan fingerprint density at radius 1 is 1.35 bits per heavy atom. The van der Waals surface area contributed by atoms with Crippen LogP contribution in [0.25, 0.3) is 0 Å². The highest BCUT2D eigenvalue weighted by Crippen LogP contribution is 2.15. The molecule has 1 amide bonds. The Balaban J connectivity index is 1.88. The van der Waals surface area contributed by atoms with E-state index in [2.05, 4.69) is 19.2 Å². The molecule has 1 aromatic rings. The molecule has 1 aliphatic rings. The van der Waals surface area contributed by atoms with Crippen LogP contribution in [0.15, 0.2) is 24.3 Å². The molecule has 20 heavy (non-hydrogen) atoms. The Hall–Kier alpha value is -1.55. The van der Waals surface area contributed by atoms with Gasteiger partial charge in [0.05, 0.1) is 6.04 Å². The van der Waals surface area contributed by atoms with Crippen LogP contribution in [0.3, 0.4) is 0 Å². The van der Waals surface area contributed by atoms with E-state index in [-0.39, 0.29) is 17.7 Å². The van der Waals surface area contributed by atoms with Gasteiger partial charge in [-0.3, -0.25) is 4.79 Å². The van der Waals surface area contributed by atoms with Crippen molar-refractivity contribution < 1.29 is 9.90 Å². The Morgan fingerprint density at radius 3 is 2.70 bits per heavy atom. The summed E-state index contributed by atoms with van der Waals surface area (Å²) in [5.74, 6) is 0.507. The first-order valence-electron chi connectivity index (χ1n) is 7.39. The van der Waals surface area contributed by atoms with Gasteiger partial charge in [-0.2, -0.15) is 0 Å². The predicted molar refractivity (Wildman–Crippen MR) is 79.7 cm³/mol. The number of carbonyl (C=O) groups is 1. The van der Waals surface area contributed by atoms with Crippen LogP contribution in [0.4, 0.5) is 0 Å². The van der Waals surface area contributed by atoms with E-state index in [1.807, 2.05) is 17.0 Å². The molecule has 4 heteroatoms. The molecular formula is C16H24N2O2. The van der Waals surface area contributed by atoms with E-state index in [1.54, 1.807) is 12.1 Å². The molecular weight excluding hydrogens is 252 g/mol. The Bertz CT molecular complexity index is 442. The van der Waals surface area contributed by atoms with Crippen LogP contribution in [-0.2, 0) is 11.2 Å². The number of hydrogen-bond donors (Lipinski definition) is 2. The maximum Gasteiger partial charge on any atom is 0.239 e. The molecule has 0 saturated carbocycles. The fourth-order valence-electron chi connectivity index (χ4n) is 2.65. The molecule has 0 aliphatic carbocycles. The summed E-state index contributed by atoms with van der Waals surface area (Å²) in [7, 11) is 0. The van der Waals surface area contributed by atoms with Crippen molar-refractivity contribution in [2.45, 2.75) is 45.2 Å². The number of amides is 1. The second kappa shape index (κ2) is 6.75. The molecule has 1 aliphatic heterocycles. The minimum Gasteiger partial charge on any atom is -0.508 e. The third-order valence-electron chi connectivity index (χ3n) is 3.67. The van der Waals surface area contributed by atoms with E-state index in [0.717, 1.165) is 37.9 Å². The number of aromatic hydroxyl groups is 1. The lowest BCUT2D eigenvalue weighted by Gasteiger charge is -2.33. The van der Waals surface area contributed by atoms with Crippen LogP contribution < -0.4 is 5.32 Å². The zero-order valence-electron chi connectivity index (χ0n) is 12.3. The summed E-state index contributed by atoms with van der Waals surface area (Å²) in [6.45, 7) is 5.75. The van der Waals surface area contributed by atoms with Crippen molar-refractivity contribution >= 4 is 5.91 Å². The summed E-state index contributed by atoms with van der Waals surface area (Å²) in [6, 6.07) is 7.51. The minimum absolute atomic E-state index is 0.0245. The van der Waals surface area contributed by atoms with E-state index in [1.165, 1.54) is 0 Å². The largest absolute Gasteiger partial charge is 0.508 e. The Morgan fingerprint density at radius 2 is 2.05 bits per heavy atom. The van der Waals surface area contributed by atoms with Gasteiger partial charge in [0, 0.05) is 19.1 Å². The van der Waals surface area contributed by atoms with Crippen LogP contribution in [0, 0.1) is 0 Å². The lowest BCUT2D eigenvalue weighted by Crippen LogP contribution is -2.52. The van der Waals surface area contributed by atoms with Crippen LogP contribution in [0.1, 0.15) is 32.3 Å². The number of carbonyl (C=O) groups excluding carboxylic acids is 1. The van der Waals surface area contributed by atoms with Gasteiger partial charge in [0.25, 0.3) is 0 Å². The lowest BCUT2D eigenvalue weighted by atomic mass is 10.0. The van der Waals surface area contributed by atoms with Gasteiger partial charge in [0.2, 0.25) is 5.91 Å². The average Bonchev–Trinajstić information content (AvgIpc) is 2.41. The molecule has 0 spiro atoms. The number of nitrogens with one attached hydrogen (secondary N) is 1. The smallest absolute Gasteiger partial charge is 0.239 e. The second-order valence-electron chi connectivity index (χ2n) is 5.76. The van der Waals surface area contributed by atoms with Crippen molar-refractivity contribution in [1.29, 1.82) is 0 Å². The molecule has 1 atom stereocenters. The Kier molecular flexibility index (Phi) is 5.01. The van der Waals surface area contributed by atoms with Gasteiger partial charge >= 0.3 is 0 Å². The summed E-state index contributed by atoms with van der Waals surface area (Å²) in [4.78, 5) is 14.3. The van der Waals surface area contributed by atoms with Gasteiger partial charge in [0.15, 0.2) is 0 Å². The number of rotatable bonds is 5. The highest BCUT2D eigenvalue weighted by atomic mass is 16.3. The molecule has 1 heterocycles. The molecule has 0 radical (unpaired) electrons. The number of phenols is 1. The number of piperidine rings is 1. The standard InChI is InChI=1S/C16H24N2O2/c1-12(2)17-15-4-3-10-18(16(15)20)11-9-13-5-7-14(19)8-6-13/h5-8,12,15,17,19H,3-4,9-11H2,1-2H3. The van der Waals surface area contributed by atoms with Gasteiger partial charge in [-0.05, 0) is 37.0 Å². The van der Waals surface area contributed by atoms with Crippen LogP contribution in [0.2, 0.25) is 0 Å². The lowest BCUT2D eigenvalue weighted by molar-refractivity contribution is -0.136. The summed E-state index contributed by atoms with van der Waals surface area (Å²) in [5, 5.41) is 12.6. The van der Waals surface area contributed by atoms with Gasteiger partial charge < -0.3 is 15.3 Å². The monoisotopic (exact) mass is 276 g/mol. The highest BCUT2D eigenvalue weighted by molar-refractivity contribution is 5.82. The fraction of sp³-hybridized carbons (Fsp3) is 0.562. The first kappa shape index (κ1) is 14.9. The van der Waals surface area contributed by atoms with E-state index in [0.29, 0.717) is 6.04 Å². The molecule has 110 valence electrons. The molecule has 1 saturated heterocycles. The fourth-order valence-corrected chi connectivity index (χ4v) is 2.65. The number of nitrogens with zero attached hydrogens (tertiary/aromatic N) is 1. The summed E-state index contributed by atoms with van der Waals surface area (Å²) < 4.78 is 0. The van der Waals surface area contributed by atoms with Crippen molar-refractivity contribution in [3.8, 4) is 5.75 Å². The predicted octanol–water partition coefficient (Wildman–Crippen LogP) is 1.92. The van der Waals surface area contributed by atoms with Gasteiger partial charge in [-0.25, -0.2) is 0 Å². The first-order chi connectivity index (χ1) is 9.56. The third kappa shape index (κ3) is 3.97. The number of benzene rings is 1. The van der Waals surface area contributed by atoms with Crippen molar-refractivity contribution in [3.63, 3.8) is 0 Å². The van der Waals surface area contributed by atoms with Crippen molar-refractivity contribution in [1.82, 2.24) is 10.2 Å². The summed E-state index contributed by atoms with van der Waals surface area (Å²) in [6.07, 6.45) is 2.83. The zero-order chi connectivity index (χ0) is 14.5. The zero-order valence-corrected chi connectivity index (χ0v) is 12.3. The number of likely N-dealkylation sites (tertiary alicyclic amines) is 1. The van der Waals surface area contributed by atoms with E-state index >= 15 is 0 Å². The quantitative estimate of drug-likeness (QED) is 0.864. The minimum atomic E-state index is -0.0245. The van der Waals surface area contributed by atoms with E-state index in [9.17, 15) is 9.90 Å². The Labute approximate surface area is 120 Å². The molecule has 4 nitrogen and oxygen atoms in total. The maximum absolute atomic E-state index is 12.4. The third-order valence-corrected chi connectivity index (χ3v) is 3.67. The van der Waals surface area contributed by atoms with Crippen LogP contribution in [-0.4, -0.2) is 41.1 Å². The van der Waals surface area contributed by atoms with E-state index < -0.39 is 0 Å². The van der Waals surface area contributed by atoms with Crippen LogP contribution in [0.5, 0.6) is 5.75 Å². The van der Waals surface area contributed by atoms with Gasteiger partial charge in [-0.1, -0.05) is 26.0 Å². The topological polar surface area (TPSA) is 52.6 Å². The van der Waals surface area contributed by atoms with Gasteiger partial charge in [-0.15, -0.1) is 0 Å². The average molecular weight is 276 g/mol. The molecule has 0 aromatic heterocycles. The molecule has 2 N–H and O–H groups in total. The molecule has 1 fully saturated rings. The van der Waals surface area contributed by atoms with Crippen molar-refractivity contribution in [2.75, 3.05) is 13.1 Å². The van der Waals surface area contributed by atoms with E-state index in [4.69, 9.17) is 0 Å². The molecule has 0 bridgehead atoms. The van der Waals surface area contributed by atoms with Crippen molar-refractivity contribution in [3.05, 3.63) is 29.8 Å². The molecule has 1 unspecified atom stereocenters. The summed E-state index contributed by atoms with van der Waals surface area (Å²) in [5.41, 5.74) is 1.15. The highest BCUT2D eigenvalue weighted by Gasteiger charge is 2.28.